The summed E-state index contributed by atoms with van der Waals surface area (Å²) in [5, 5.41) is 6.62. The SMILES string of the molecule is O=C(COc1ccc(F)cc1)NCc1cc(-c2ccc3c(c2)OCO3)on1. The fraction of sp³-hybridized carbons (Fsp3) is 0.158. The van der Waals surface area contributed by atoms with Gasteiger partial charge in [0.15, 0.2) is 23.9 Å². The van der Waals surface area contributed by atoms with Crippen LogP contribution in [0.15, 0.2) is 53.1 Å². The normalized spacial score (nSPS) is 12.0. The molecule has 27 heavy (non-hydrogen) atoms. The Balaban J connectivity index is 1.30. The fourth-order valence-electron chi connectivity index (χ4n) is 2.50. The van der Waals surface area contributed by atoms with Gasteiger partial charge in [0, 0.05) is 11.6 Å². The molecule has 0 saturated carbocycles. The quantitative estimate of drug-likeness (QED) is 0.718. The zero-order chi connectivity index (χ0) is 18.6. The number of rotatable bonds is 6. The van der Waals surface area contributed by atoms with Crippen molar-refractivity contribution in [3.8, 4) is 28.6 Å². The van der Waals surface area contributed by atoms with Crippen molar-refractivity contribution >= 4 is 5.91 Å². The minimum Gasteiger partial charge on any atom is -0.484 e. The molecule has 0 radical (unpaired) electrons. The van der Waals surface area contributed by atoms with Crippen LogP contribution in [0.5, 0.6) is 17.2 Å². The Bertz CT molecular complexity index is 955. The van der Waals surface area contributed by atoms with Crippen molar-refractivity contribution in [3.05, 3.63) is 60.0 Å². The van der Waals surface area contributed by atoms with Crippen LogP contribution in [0.4, 0.5) is 4.39 Å². The van der Waals surface area contributed by atoms with E-state index in [9.17, 15) is 9.18 Å². The summed E-state index contributed by atoms with van der Waals surface area (Å²) in [6, 6.07) is 12.6. The number of ether oxygens (including phenoxy) is 3. The average Bonchev–Trinajstić information content (AvgIpc) is 3.34. The molecule has 1 aromatic heterocycles. The third-order valence-electron chi connectivity index (χ3n) is 3.87. The zero-order valence-electron chi connectivity index (χ0n) is 14.1. The number of nitrogens with one attached hydrogen (secondary N) is 1. The fourth-order valence-corrected chi connectivity index (χ4v) is 2.50. The molecule has 2 heterocycles. The summed E-state index contributed by atoms with van der Waals surface area (Å²) in [5.41, 5.74) is 1.36. The van der Waals surface area contributed by atoms with Crippen LogP contribution >= 0.6 is 0 Å². The second-order valence-corrected chi connectivity index (χ2v) is 5.77. The largest absolute Gasteiger partial charge is 0.484 e. The van der Waals surface area contributed by atoms with Crippen molar-refractivity contribution in [2.75, 3.05) is 13.4 Å². The lowest BCUT2D eigenvalue weighted by Crippen LogP contribution is -2.28. The topological polar surface area (TPSA) is 82.8 Å². The molecule has 1 amide bonds. The molecular formula is C19H15FN2O5. The van der Waals surface area contributed by atoms with E-state index in [0.29, 0.717) is 28.7 Å². The molecule has 2 aromatic carbocycles. The van der Waals surface area contributed by atoms with Crippen LogP contribution in [0.2, 0.25) is 0 Å². The summed E-state index contributed by atoms with van der Waals surface area (Å²) >= 11 is 0. The second kappa shape index (κ2) is 7.36. The Labute approximate surface area is 153 Å². The Morgan fingerprint density at radius 2 is 1.93 bits per heavy atom. The van der Waals surface area contributed by atoms with E-state index in [1.165, 1.54) is 24.3 Å². The van der Waals surface area contributed by atoms with E-state index in [2.05, 4.69) is 10.5 Å². The van der Waals surface area contributed by atoms with Gasteiger partial charge in [0.2, 0.25) is 6.79 Å². The molecule has 138 valence electrons. The molecular weight excluding hydrogens is 355 g/mol. The van der Waals surface area contributed by atoms with E-state index in [0.717, 1.165) is 5.56 Å². The van der Waals surface area contributed by atoms with Crippen LogP contribution in [0.1, 0.15) is 5.69 Å². The highest BCUT2D eigenvalue weighted by Crippen LogP contribution is 2.35. The number of fused-ring (bicyclic) bond motifs is 1. The smallest absolute Gasteiger partial charge is 0.258 e. The van der Waals surface area contributed by atoms with Gasteiger partial charge in [-0.3, -0.25) is 4.79 Å². The predicted molar refractivity (Wildman–Crippen MR) is 91.8 cm³/mol. The molecule has 1 aliphatic rings. The predicted octanol–water partition coefficient (Wildman–Crippen LogP) is 2.90. The summed E-state index contributed by atoms with van der Waals surface area (Å²) in [6.07, 6.45) is 0. The van der Waals surface area contributed by atoms with Crippen LogP contribution in [0.3, 0.4) is 0 Å². The molecule has 7 nitrogen and oxygen atoms in total. The summed E-state index contributed by atoms with van der Waals surface area (Å²) in [4.78, 5) is 11.9. The maximum atomic E-state index is 12.8. The van der Waals surface area contributed by atoms with E-state index in [-0.39, 0.29) is 31.7 Å². The summed E-state index contributed by atoms with van der Waals surface area (Å²) in [6.45, 7) is 0.213. The Morgan fingerprint density at radius 3 is 2.78 bits per heavy atom. The van der Waals surface area contributed by atoms with E-state index in [1.807, 2.05) is 12.1 Å². The Hall–Kier alpha value is -3.55. The number of carbonyl (C=O) groups excluding carboxylic acids is 1. The number of carbonyl (C=O) groups is 1. The van der Waals surface area contributed by atoms with Gasteiger partial charge >= 0.3 is 0 Å². The molecule has 0 atom stereocenters. The van der Waals surface area contributed by atoms with Gasteiger partial charge in [0.1, 0.15) is 17.3 Å². The molecule has 3 aromatic rings. The van der Waals surface area contributed by atoms with Crippen molar-refractivity contribution in [3.63, 3.8) is 0 Å². The van der Waals surface area contributed by atoms with Crippen molar-refractivity contribution in [2.45, 2.75) is 6.54 Å². The summed E-state index contributed by atoms with van der Waals surface area (Å²) in [5.74, 6) is 1.62. The molecule has 8 heteroatoms. The van der Waals surface area contributed by atoms with Crippen molar-refractivity contribution < 1.29 is 27.9 Å². The molecule has 0 unspecified atom stereocenters. The maximum absolute atomic E-state index is 12.8. The van der Waals surface area contributed by atoms with Crippen LogP contribution in [-0.4, -0.2) is 24.5 Å². The number of halogens is 1. The lowest BCUT2D eigenvalue weighted by Gasteiger charge is -2.06. The average molecular weight is 370 g/mol. The van der Waals surface area contributed by atoms with E-state index in [4.69, 9.17) is 18.7 Å². The second-order valence-electron chi connectivity index (χ2n) is 5.77. The number of aromatic nitrogens is 1. The van der Waals surface area contributed by atoms with Crippen LogP contribution < -0.4 is 19.5 Å². The Kier molecular flexibility index (Phi) is 4.61. The van der Waals surface area contributed by atoms with Gasteiger partial charge in [-0.25, -0.2) is 4.39 Å². The number of nitrogens with zero attached hydrogens (tertiary/aromatic N) is 1. The van der Waals surface area contributed by atoms with E-state index >= 15 is 0 Å². The first-order valence-electron chi connectivity index (χ1n) is 8.18. The van der Waals surface area contributed by atoms with Gasteiger partial charge in [-0.2, -0.15) is 0 Å². The molecule has 0 fully saturated rings. The van der Waals surface area contributed by atoms with Gasteiger partial charge < -0.3 is 24.1 Å². The van der Waals surface area contributed by atoms with Crippen LogP contribution in [0.25, 0.3) is 11.3 Å². The lowest BCUT2D eigenvalue weighted by atomic mass is 10.1. The zero-order valence-corrected chi connectivity index (χ0v) is 14.1. The van der Waals surface area contributed by atoms with Crippen LogP contribution in [0, 0.1) is 5.82 Å². The molecule has 1 N–H and O–H groups in total. The van der Waals surface area contributed by atoms with Crippen molar-refractivity contribution in [1.82, 2.24) is 10.5 Å². The molecule has 0 bridgehead atoms. The van der Waals surface area contributed by atoms with Crippen LogP contribution in [-0.2, 0) is 11.3 Å². The molecule has 4 rings (SSSR count). The molecule has 0 aliphatic carbocycles. The lowest BCUT2D eigenvalue weighted by molar-refractivity contribution is -0.123. The maximum Gasteiger partial charge on any atom is 0.258 e. The minimum atomic E-state index is -0.365. The Morgan fingerprint density at radius 1 is 1.11 bits per heavy atom. The highest BCUT2D eigenvalue weighted by molar-refractivity contribution is 5.77. The van der Waals surface area contributed by atoms with Gasteiger partial charge in [-0.15, -0.1) is 0 Å². The molecule has 0 saturated heterocycles. The van der Waals surface area contributed by atoms with Gasteiger partial charge in [-0.1, -0.05) is 5.16 Å². The van der Waals surface area contributed by atoms with E-state index in [1.54, 1.807) is 12.1 Å². The number of benzene rings is 2. The van der Waals surface area contributed by atoms with E-state index < -0.39 is 0 Å². The van der Waals surface area contributed by atoms with Gasteiger partial charge in [-0.05, 0) is 42.5 Å². The number of hydrogen-bond donors (Lipinski definition) is 1. The number of hydrogen-bond acceptors (Lipinski definition) is 6. The minimum absolute atomic E-state index is 0.182. The van der Waals surface area contributed by atoms with Gasteiger partial charge in [0.25, 0.3) is 5.91 Å². The first-order chi connectivity index (χ1) is 13.2. The van der Waals surface area contributed by atoms with Gasteiger partial charge in [0.05, 0.1) is 6.54 Å². The van der Waals surface area contributed by atoms with Crippen molar-refractivity contribution in [1.29, 1.82) is 0 Å². The summed E-state index contributed by atoms with van der Waals surface area (Å²) < 4.78 is 34.0. The highest BCUT2D eigenvalue weighted by Gasteiger charge is 2.16. The first-order valence-corrected chi connectivity index (χ1v) is 8.18. The highest BCUT2D eigenvalue weighted by atomic mass is 19.1. The third-order valence-corrected chi connectivity index (χ3v) is 3.87. The monoisotopic (exact) mass is 370 g/mol. The van der Waals surface area contributed by atoms with Crippen molar-refractivity contribution in [2.24, 2.45) is 0 Å². The number of amides is 1. The third kappa shape index (κ3) is 4.00. The molecule has 1 aliphatic heterocycles. The summed E-state index contributed by atoms with van der Waals surface area (Å²) in [7, 11) is 0. The molecule has 0 spiro atoms. The first kappa shape index (κ1) is 16.9. The standard InChI is InChI=1S/C19H15FN2O5/c20-13-2-4-15(5-3-13)24-10-19(23)21-9-14-8-17(27-22-14)12-1-6-16-18(7-12)26-11-25-16/h1-8H,9-11H2,(H,21,23).